The minimum atomic E-state index is -0.455. The van der Waals surface area contributed by atoms with Crippen LogP contribution in [-0.4, -0.2) is 11.6 Å². The topological polar surface area (TPSA) is 52.3 Å². The minimum Gasteiger partial charge on any atom is -0.493 e. The van der Waals surface area contributed by atoms with Gasteiger partial charge in [0.2, 0.25) is 5.89 Å². The van der Waals surface area contributed by atoms with Crippen LogP contribution in [-0.2, 0) is 0 Å². The number of rotatable bonds is 3. The van der Waals surface area contributed by atoms with Gasteiger partial charge < -0.3 is 9.15 Å². The van der Waals surface area contributed by atoms with Crippen molar-refractivity contribution in [3.05, 3.63) is 56.3 Å². The molecule has 0 radical (unpaired) electrons. The molecule has 3 aromatic rings. The average molecular weight is 381 g/mol. The molecule has 1 aromatic heterocycles. The van der Waals surface area contributed by atoms with Crippen LogP contribution in [0, 0.1) is 0 Å². The Morgan fingerprint density at radius 1 is 1.27 bits per heavy atom. The Labute approximate surface area is 139 Å². The first-order chi connectivity index (χ1) is 10.6. The van der Waals surface area contributed by atoms with Crippen molar-refractivity contribution in [2.45, 2.75) is 6.92 Å². The van der Waals surface area contributed by atoms with E-state index in [-0.39, 0.29) is 5.89 Å². The number of benzene rings is 2. The van der Waals surface area contributed by atoms with Crippen LogP contribution in [0.15, 0.2) is 50.1 Å². The zero-order valence-corrected chi connectivity index (χ0v) is 13.9. The van der Waals surface area contributed by atoms with E-state index in [1.54, 1.807) is 30.3 Å². The Kier molecular flexibility index (Phi) is 4.18. The van der Waals surface area contributed by atoms with Crippen LogP contribution in [0.1, 0.15) is 6.92 Å². The first-order valence-electron chi connectivity index (χ1n) is 6.61. The van der Waals surface area contributed by atoms with Crippen LogP contribution in [0.5, 0.6) is 5.75 Å². The van der Waals surface area contributed by atoms with E-state index in [0.717, 1.165) is 4.47 Å². The Morgan fingerprint density at radius 2 is 2.09 bits per heavy atom. The zero-order chi connectivity index (χ0) is 15.7. The standard InChI is InChI=1S/C16H11BrClNO3/c1-2-21-14-6-4-10(18)8-12(14)15-19-13-5-3-9(17)7-11(13)16(20)22-15/h3-8H,2H2,1H3. The molecule has 0 aliphatic rings. The molecule has 6 heteroatoms. The fraction of sp³-hybridized carbons (Fsp3) is 0.125. The molecule has 2 aromatic carbocycles. The summed E-state index contributed by atoms with van der Waals surface area (Å²) in [7, 11) is 0. The van der Waals surface area contributed by atoms with Gasteiger partial charge in [0.15, 0.2) is 0 Å². The van der Waals surface area contributed by atoms with Crippen LogP contribution >= 0.6 is 27.5 Å². The number of fused-ring (bicyclic) bond motifs is 1. The molecule has 0 bridgehead atoms. The van der Waals surface area contributed by atoms with Gasteiger partial charge in [-0.05, 0) is 43.3 Å². The lowest BCUT2D eigenvalue weighted by atomic mass is 10.2. The zero-order valence-electron chi connectivity index (χ0n) is 11.6. The van der Waals surface area contributed by atoms with Gasteiger partial charge in [-0.2, -0.15) is 0 Å². The Balaban J connectivity index is 2.25. The second-order valence-corrected chi connectivity index (χ2v) is 5.89. The molecule has 0 aliphatic carbocycles. The number of halogens is 2. The monoisotopic (exact) mass is 379 g/mol. The summed E-state index contributed by atoms with van der Waals surface area (Å²) >= 11 is 9.36. The van der Waals surface area contributed by atoms with Crippen LogP contribution in [0.3, 0.4) is 0 Å². The maximum atomic E-state index is 12.2. The number of aromatic nitrogens is 1. The molecule has 4 nitrogen and oxygen atoms in total. The summed E-state index contributed by atoms with van der Waals surface area (Å²) in [6.45, 7) is 2.36. The van der Waals surface area contributed by atoms with Gasteiger partial charge in [-0.3, -0.25) is 0 Å². The van der Waals surface area contributed by atoms with Gasteiger partial charge in [0.05, 0.1) is 23.1 Å². The summed E-state index contributed by atoms with van der Waals surface area (Å²) in [5.41, 5.74) is 0.650. The van der Waals surface area contributed by atoms with E-state index in [0.29, 0.717) is 33.8 Å². The molecule has 0 N–H and O–H groups in total. The van der Waals surface area contributed by atoms with Gasteiger partial charge in [-0.25, -0.2) is 9.78 Å². The van der Waals surface area contributed by atoms with Crippen LogP contribution in [0.25, 0.3) is 22.4 Å². The highest BCUT2D eigenvalue weighted by atomic mass is 79.9. The van der Waals surface area contributed by atoms with Gasteiger partial charge in [-0.15, -0.1) is 0 Å². The predicted octanol–water partition coefficient (Wildman–Crippen LogP) is 4.67. The quantitative estimate of drug-likeness (QED) is 0.662. The maximum Gasteiger partial charge on any atom is 0.347 e. The van der Waals surface area contributed by atoms with E-state index < -0.39 is 5.63 Å². The number of hydrogen-bond acceptors (Lipinski definition) is 4. The highest BCUT2D eigenvalue weighted by molar-refractivity contribution is 9.10. The average Bonchev–Trinajstić information content (AvgIpc) is 2.50. The number of nitrogens with zero attached hydrogens (tertiary/aromatic N) is 1. The van der Waals surface area contributed by atoms with Crippen molar-refractivity contribution < 1.29 is 9.15 Å². The van der Waals surface area contributed by atoms with Crippen molar-refractivity contribution in [1.29, 1.82) is 0 Å². The lowest BCUT2D eigenvalue weighted by Gasteiger charge is -2.09. The molecular weight excluding hydrogens is 370 g/mol. The molecule has 0 fully saturated rings. The van der Waals surface area contributed by atoms with E-state index in [1.807, 2.05) is 13.0 Å². The number of ether oxygens (including phenoxy) is 1. The van der Waals surface area contributed by atoms with E-state index in [9.17, 15) is 4.79 Å². The molecule has 0 amide bonds. The summed E-state index contributed by atoms with van der Waals surface area (Å²) in [6.07, 6.45) is 0. The van der Waals surface area contributed by atoms with E-state index in [1.165, 1.54) is 0 Å². The summed E-state index contributed by atoms with van der Waals surface area (Å²) in [5, 5.41) is 0.928. The van der Waals surface area contributed by atoms with Crippen molar-refractivity contribution in [3.63, 3.8) is 0 Å². The lowest BCUT2D eigenvalue weighted by Crippen LogP contribution is -2.04. The Bertz CT molecular complexity index is 908. The fourth-order valence-corrected chi connectivity index (χ4v) is 2.64. The smallest absolute Gasteiger partial charge is 0.347 e. The van der Waals surface area contributed by atoms with Crippen molar-refractivity contribution in [2.24, 2.45) is 0 Å². The molecule has 0 atom stereocenters. The Morgan fingerprint density at radius 3 is 2.86 bits per heavy atom. The van der Waals surface area contributed by atoms with Gasteiger partial charge in [0.1, 0.15) is 5.75 Å². The molecule has 0 saturated heterocycles. The highest BCUT2D eigenvalue weighted by Crippen LogP contribution is 2.32. The molecule has 112 valence electrons. The third-order valence-corrected chi connectivity index (χ3v) is 3.79. The van der Waals surface area contributed by atoms with Crippen molar-refractivity contribution in [3.8, 4) is 17.2 Å². The molecule has 0 saturated carbocycles. The molecule has 1 heterocycles. The van der Waals surface area contributed by atoms with Crippen LogP contribution in [0.4, 0.5) is 0 Å². The first kappa shape index (κ1) is 15.1. The molecule has 0 unspecified atom stereocenters. The lowest BCUT2D eigenvalue weighted by molar-refractivity contribution is 0.340. The minimum absolute atomic E-state index is 0.186. The van der Waals surface area contributed by atoms with Crippen LogP contribution < -0.4 is 10.4 Å². The molecular formula is C16H11BrClNO3. The van der Waals surface area contributed by atoms with Gasteiger partial charge >= 0.3 is 5.63 Å². The SMILES string of the molecule is CCOc1ccc(Cl)cc1-c1nc2ccc(Br)cc2c(=O)o1. The van der Waals surface area contributed by atoms with Gasteiger partial charge in [-0.1, -0.05) is 27.5 Å². The van der Waals surface area contributed by atoms with E-state index in [2.05, 4.69) is 20.9 Å². The van der Waals surface area contributed by atoms with E-state index >= 15 is 0 Å². The van der Waals surface area contributed by atoms with Gasteiger partial charge in [0.25, 0.3) is 0 Å². The van der Waals surface area contributed by atoms with Gasteiger partial charge in [0, 0.05) is 9.50 Å². The van der Waals surface area contributed by atoms with Crippen molar-refractivity contribution in [1.82, 2.24) is 4.98 Å². The van der Waals surface area contributed by atoms with Crippen LogP contribution in [0.2, 0.25) is 5.02 Å². The molecule has 22 heavy (non-hydrogen) atoms. The summed E-state index contributed by atoms with van der Waals surface area (Å²) in [4.78, 5) is 16.6. The molecule has 0 aliphatic heterocycles. The Hall–Kier alpha value is -1.85. The first-order valence-corrected chi connectivity index (χ1v) is 7.78. The maximum absolute atomic E-state index is 12.2. The summed E-state index contributed by atoms with van der Waals surface area (Å²) < 4.78 is 11.7. The van der Waals surface area contributed by atoms with Crippen molar-refractivity contribution in [2.75, 3.05) is 6.61 Å². The second-order valence-electron chi connectivity index (χ2n) is 4.54. The third kappa shape index (κ3) is 2.87. The number of hydrogen-bond donors (Lipinski definition) is 0. The summed E-state index contributed by atoms with van der Waals surface area (Å²) in [5.74, 6) is 0.754. The highest BCUT2D eigenvalue weighted by Gasteiger charge is 2.14. The molecule has 3 rings (SSSR count). The largest absolute Gasteiger partial charge is 0.493 e. The predicted molar refractivity (Wildman–Crippen MR) is 89.6 cm³/mol. The van der Waals surface area contributed by atoms with Crippen molar-refractivity contribution >= 4 is 38.4 Å². The summed E-state index contributed by atoms with van der Waals surface area (Å²) in [6, 6.07) is 10.4. The third-order valence-electron chi connectivity index (χ3n) is 3.06. The normalized spacial score (nSPS) is 10.9. The van der Waals surface area contributed by atoms with E-state index in [4.69, 9.17) is 20.8 Å². The molecule has 0 spiro atoms. The second kappa shape index (κ2) is 6.10. The fourth-order valence-electron chi connectivity index (χ4n) is 2.11.